The quantitative estimate of drug-likeness (QED) is 0.612. The van der Waals surface area contributed by atoms with Crippen LogP contribution in [-0.4, -0.2) is 58.8 Å². The second-order valence-corrected chi connectivity index (χ2v) is 7.73. The maximum atomic E-state index is 12.5. The smallest absolute Gasteiger partial charge is 0.407 e. The van der Waals surface area contributed by atoms with E-state index in [1.165, 1.54) is 12.3 Å². The number of aliphatic hydroxyl groups is 1. The van der Waals surface area contributed by atoms with Gasteiger partial charge in [0.15, 0.2) is 0 Å². The van der Waals surface area contributed by atoms with Gasteiger partial charge in [-0.05, 0) is 46.5 Å². The van der Waals surface area contributed by atoms with E-state index in [-0.39, 0.29) is 25.4 Å². The van der Waals surface area contributed by atoms with E-state index < -0.39 is 35.7 Å². The normalized spacial score (nSPS) is 26.3. The third-order valence-electron chi connectivity index (χ3n) is 4.73. The minimum absolute atomic E-state index is 0. The number of nitrogens with one attached hydrogen (secondary N) is 1. The molecule has 0 aromatic heterocycles. The fraction of sp³-hybridized carbons (Fsp3) is 0.824. The number of ether oxygens (including phenoxy) is 1. The molecule has 4 N–H and O–H groups in total. The van der Waals surface area contributed by atoms with Crippen molar-refractivity contribution in [3.05, 3.63) is 0 Å². The first-order valence-corrected chi connectivity index (χ1v) is 8.29. The molecule has 3 amide bonds. The number of likely N-dealkylation sites (tertiary alicyclic amines) is 1. The number of hydrogen-bond donors (Lipinski definition) is 3. The monoisotopic (exact) mass is 393 g/mol. The summed E-state index contributed by atoms with van der Waals surface area (Å²) in [7, 11) is 1.25. The van der Waals surface area contributed by atoms with Crippen molar-refractivity contribution < 1.29 is 25.6 Å². The number of hydrogen-bond acceptors (Lipinski definition) is 5. The number of β-lactam (4-membered cyclic amide) rings is 1. The number of primary amides is 1. The highest BCUT2D eigenvalue weighted by Gasteiger charge is 2.55. The van der Waals surface area contributed by atoms with Crippen molar-refractivity contribution in [1.29, 1.82) is 0 Å². The van der Waals surface area contributed by atoms with E-state index in [1.807, 2.05) is 0 Å². The van der Waals surface area contributed by atoms with Crippen LogP contribution in [-0.2, 0) is 14.3 Å². The molecule has 0 radical (unpaired) electrons. The summed E-state index contributed by atoms with van der Waals surface area (Å²) in [6.07, 6.45) is 2.19. The summed E-state index contributed by atoms with van der Waals surface area (Å²) in [4.78, 5) is 36.9. The van der Waals surface area contributed by atoms with Gasteiger partial charge in [0.1, 0.15) is 11.6 Å². The molecule has 2 aliphatic rings. The number of carbonyl (C=O) groups excluding carboxylic acids is 3. The summed E-state index contributed by atoms with van der Waals surface area (Å²) in [6, 6.07) is -0.960. The molecule has 152 valence electrons. The predicted octanol–water partition coefficient (Wildman–Crippen LogP) is 0.877. The summed E-state index contributed by atoms with van der Waals surface area (Å²) in [6.45, 7) is 5.39. The highest BCUT2D eigenvalue weighted by atomic mass is 32.1. The molecule has 8 nitrogen and oxygen atoms in total. The van der Waals surface area contributed by atoms with Crippen LogP contribution in [0.15, 0.2) is 0 Å². The highest BCUT2D eigenvalue weighted by molar-refractivity contribution is 7.59. The van der Waals surface area contributed by atoms with Gasteiger partial charge in [0.05, 0.1) is 12.0 Å². The number of alkyl carbamates (subject to hydrolysis) is 1. The Balaban J connectivity index is 0.00000218. The molecular formula is C17H33N3O5S. The molecule has 0 aromatic rings. The molecule has 9 heteroatoms. The van der Waals surface area contributed by atoms with Crippen LogP contribution in [0.1, 0.15) is 55.2 Å². The zero-order chi connectivity index (χ0) is 20.1. The Kier molecular flexibility index (Phi) is 7.76. The van der Waals surface area contributed by atoms with Gasteiger partial charge in [-0.15, -0.1) is 0 Å². The first kappa shape index (κ1) is 22.6. The number of nitrogens with zero attached hydrogens (tertiary/aromatic N) is 1. The Hall–Kier alpha value is -1.48. The minimum Gasteiger partial charge on any atom is -0.444 e. The molecule has 0 bridgehead atoms. The van der Waals surface area contributed by atoms with Crippen LogP contribution < -0.4 is 11.1 Å². The van der Waals surface area contributed by atoms with Crippen molar-refractivity contribution >= 4 is 31.4 Å². The average molecular weight is 394 g/mol. The maximum absolute atomic E-state index is 12.5. The molecule has 2 fully saturated rings. The van der Waals surface area contributed by atoms with Gasteiger partial charge in [-0.1, -0.05) is 7.40 Å². The Labute approximate surface area is 163 Å². The number of amides is 3. The van der Waals surface area contributed by atoms with Gasteiger partial charge in [-0.3, -0.25) is 9.59 Å². The Morgan fingerprint density at radius 1 is 1.46 bits per heavy atom. The number of rotatable bonds is 4. The SMILES string of the molecule is CC(C)(C)OC(=O)NC1CCC2(CC1)CN([C@@H](CO)C(N)=O)C2=O.S.[3H]C. The largest absolute Gasteiger partial charge is 0.444 e. The second kappa shape index (κ2) is 8.94. The van der Waals surface area contributed by atoms with Crippen molar-refractivity contribution in [1.82, 2.24) is 10.2 Å². The van der Waals surface area contributed by atoms with Gasteiger partial charge in [0.25, 0.3) is 0 Å². The topological polar surface area (TPSA) is 122 Å². The zero-order valence-corrected chi connectivity index (χ0v) is 17.0. The lowest BCUT2D eigenvalue weighted by Gasteiger charge is -2.53. The van der Waals surface area contributed by atoms with Crippen LogP contribution in [0.25, 0.3) is 0 Å². The van der Waals surface area contributed by atoms with Crippen molar-refractivity contribution in [3.8, 4) is 0 Å². The molecule has 0 aromatic carbocycles. The lowest BCUT2D eigenvalue weighted by molar-refractivity contribution is -0.172. The summed E-state index contributed by atoms with van der Waals surface area (Å²) in [5, 5.41) is 12.1. The molecule has 26 heavy (non-hydrogen) atoms. The Morgan fingerprint density at radius 2 is 2.00 bits per heavy atom. The molecule has 1 aliphatic heterocycles. The Morgan fingerprint density at radius 3 is 2.38 bits per heavy atom. The van der Waals surface area contributed by atoms with Crippen molar-refractivity contribution in [2.45, 2.75) is 71.5 Å². The van der Waals surface area contributed by atoms with E-state index in [9.17, 15) is 19.5 Å². The van der Waals surface area contributed by atoms with Crippen LogP contribution >= 0.6 is 13.5 Å². The molecule has 1 atom stereocenters. The lowest BCUT2D eigenvalue weighted by atomic mass is 9.66. The van der Waals surface area contributed by atoms with Crippen molar-refractivity contribution in [2.24, 2.45) is 11.1 Å². The second-order valence-electron chi connectivity index (χ2n) is 7.73. The minimum atomic E-state index is -0.944. The van der Waals surface area contributed by atoms with Gasteiger partial charge >= 0.3 is 6.09 Å². The number of nitrogens with two attached hydrogens (primary N) is 1. The van der Waals surface area contributed by atoms with Crippen LogP contribution in [0.2, 0.25) is 0 Å². The first-order valence-electron chi connectivity index (χ1n) is 9.29. The third kappa shape index (κ3) is 5.26. The summed E-state index contributed by atoms with van der Waals surface area (Å²) >= 11 is 0. The molecule has 0 unspecified atom stereocenters. The van der Waals surface area contributed by atoms with Crippen molar-refractivity contribution in [3.63, 3.8) is 0 Å². The molecule has 1 aliphatic carbocycles. The molecule has 1 heterocycles. The summed E-state index contributed by atoms with van der Waals surface area (Å²) in [5.74, 6) is -0.822. The van der Waals surface area contributed by atoms with Gasteiger partial charge in [-0.25, -0.2) is 4.79 Å². The molecule has 1 saturated carbocycles. The highest BCUT2D eigenvalue weighted by Crippen LogP contribution is 2.45. The van der Waals surface area contributed by atoms with Gasteiger partial charge < -0.3 is 25.8 Å². The van der Waals surface area contributed by atoms with E-state index >= 15 is 0 Å². The molecule has 2 rings (SSSR count). The average Bonchev–Trinajstić information content (AvgIpc) is 2.56. The summed E-state index contributed by atoms with van der Waals surface area (Å²) < 4.78 is 11.0. The zero-order valence-electron chi connectivity index (χ0n) is 17.0. The fourth-order valence-electron chi connectivity index (χ4n) is 3.43. The number of aliphatic hydroxyl groups excluding tert-OH is 1. The molecule has 1 spiro atoms. The van der Waals surface area contributed by atoms with Crippen LogP contribution in [0.5, 0.6) is 0 Å². The van der Waals surface area contributed by atoms with Crippen LogP contribution in [0, 0.1) is 5.41 Å². The van der Waals surface area contributed by atoms with Crippen molar-refractivity contribution in [2.75, 3.05) is 13.2 Å². The van der Waals surface area contributed by atoms with E-state index in [2.05, 4.69) is 5.32 Å². The lowest BCUT2D eigenvalue weighted by Crippen LogP contribution is -2.68. The molecular weight excluding hydrogens is 358 g/mol. The first-order chi connectivity index (χ1) is 12.1. The van der Waals surface area contributed by atoms with E-state index in [0.717, 1.165) is 0 Å². The van der Waals surface area contributed by atoms with E-state index in [1.54, 1.807) is 20.8 Å². The summed E-state index contributed by atoms with van der Waals surface area (Å²) in [5.41, 5.74) is 4.19. The van der Waals surface area contributed by atoms with Crippen LogP contribution in [0.4, 0.5) is 4.79 Å². The predicted molar refractivity (Wildman–Crippen MR) is 103 cm³/mol. The van der Waals surface area contributed by atoms with Gasteiger partial charge in [-0.2, -0.15) is 13.5 Å². The van der Waals surface area contributed by atoms with Gasteiger partial charge in [0.2, 0.25) is 11.8 Å². The van der Waals surface area contributed by atoms with E-state index in [4.69, 9.17) is 11.8 Å². The fourth-order valence-corrected chi connectivity index (χ4v) is 3.43. The maximum Gasteiger partial charge on any atom is 0.407 e. The number of carbonyl (C=O) groups is 3. The van der Waals surface area contributed by atoms with Gasteiger partial charge in [0, 0.05) is 14.0 Å². The van der Waals surface area contributed by atoms with E-state index in [0.29, 0.717) is 32.2 Å². The third-order valence-corrected chi connectivity index (χ3v) is 4.73. The van der Waals surface area contributed by atoms with Crippen LogP contribution in [0.3, 0.4) is 0 Å². The Bertz CT molecular complexity index is 533. The molecule has 1 saturated heterocycles. The standard InChI is InChI=1S/C16H27N3O5.CH4.H2S/c1-15(2,3)24-14(23)18-10-4-6-16(7-5-10)9-19(13(16)22)11(8-20)12(17)21;;/h10-11,20H,4-9H2,1-3H3,(H2,17,21)(H,18,23);1H4;1H2/t10?,11-,16?;;/m0../s1/i;1T;.